The van der Waals surface area contributed by atoms with Crippen molar-refractivity contribution in [1.82, 2.24) is 15.2 Å². The van der Waals surface area contributed by atoms with Crippen molar-refractivity contribution in [2.45, 2.75) is 98.0 Å². The van der Waals surface area contributed by atoms with Gasteiger partial charge in [-0.05, 0) is 57.6 Å². The highest BCUT2D eigenvalue weighted by Crippen LogP contribution is 2.33. The summed E-state index contributed by atoms with van der Waals surface area (Å²) in [5.41, 5.74) is -0.339. The molecule has 1 saturated carbocycles. The van der Waals surface area contributed by atoms with Gasteiger partial charge in [0.1, 0.15) is 5.60 Å². The smallest absolute Gasteiger partial charge is 0.417 e. The summed E-state index contributed by atoms with van der Waals surface area (Å²) in [6.07, 6.45) is -0.578. The average molecular weight is 486 g/mol. The SMILES string of the molecule is CC(C)(C)OC(=O)NC1CCC(C(=O)N2CCc3ncc(C(F)(F)F)cc3C2)C1.CCC(C)C. The summed E-state index contributed by atoms with van der Waals surface area (Å²) < 4.78 is 44.1. The van der Waals surface area contributed by atoms with Crippen LogP contribution in [0.1, 0.15) is 84.0 Å². The minimum atomic E-state index is -4.46. The first-order chi connectivity index (χ1) is 15.7. The summed E-state index contributed by atoms with van der Waals surface area (Å²) in [5, 5.41) is 2.80. The van der Waals surface area contributed by atoms with Gasteiger partial charge in [0, 0.05) is 43.4 Å². The number of hydrogen-bond donors (Lipinski definition) is 1. The van der Waals surface area contributed by atoms with Gasteiger partial charge in [-0.2, -0.15) is 13.2 Å². The quantitative estimate of drug-likeness (QED) is 0.593. The molecule has 2 aliphatic rings. The van der Waals surface area contributed by atoms with Crippen LogP contribution in [0.3, 0.4) is 0 Å². The highest BCUT2D eigenvalue weighted by atomic mass is 19.4. The van der Waals surface area contributed by atoms with Crippen molar-refractivity contribution in [2.24, 2.45) is 11.8 Å². The van der Waals surface area contributed by atoms with Gasteiger partial charge in [-0.25, -0.2) is 4.79 Å². The van der Waals surface area contributed by atoms with Crippen LogP contribution in [-0.4, -0.2) is 40.1 Å². The number of aromatic nitrogens is 1. The van der Waals surface area contributed by atoms with Crippen molar-refractivity contribution < 1.29 is 27.5 Å². The van der Waals surface area contributed by atoms with Crippen LogP contribution >= 0.6 is 0 Å². The number of alkyl carbamates (subject to hydrolysis) is 1. The fourth-order valence-corrected chi connectivity index (χ4v) is 3.84. The molecule has 2 atom stereocenters. The molecule has 0 aromatic carbocycles. The van der Waals surface area contributed by atoms with Crippen LogP contribution in [0.15, 0.2) is 12.3 Å². The van der Waals surface area contributed by atoms with Crippen LogP contribution in [0, 0.1) is 11.8 Å². The van der Waals surface area contributed by atoms with E-state index in [9.17, 15) is 22.8 Å². The van der Waals surface area contributed by atoms with E-state index in [0.29, 0.717) is 43.5 Å². The fraction of sp³-hybridized carbons (Fsp3) is 0.720. The van der Waals surface area contributed by atoms with Crippen molar-refractivity contribution in [1.29, 1.82) is 0 Å². The van der Waals surface area contributed by atoms with E-state index in [1.165, 1.54) is 6.42 Å². The van der Waals surface area contributed by atoms with Gasteiger partial charge in [-0.15, -0.1) is 0 Å². The topological polar surface area (TPSA) is 71.5 Å². The number of pyridine rings is 1. The number of carbonyl (C=O) groups excluding carboxylic acids is 2. The van der Waals surface area contributed by atoms with E-state index in [1.54, 1.807) is 25.7 Å². The first kappa shape index (κ1) is 27.9. The molecule has 1 aliphatic carbocycles. The standard InChI is InChI=1S/C20H26F3N3O3.C5H12/c1-19(2,3)29-18(28)25-15-5-4-12(9-15)17(27)26-7-6-16-13(11-26)8-14(10-24-16)20(21,22)23;1-4-5(2)3/h8,10,12,15H,4-7,9,11H2,1-3H3,(H,25,28);5H,4H2,1-3H3. The number of hydrogen-bond acceptors (Lipinski definition) is 4. The number of carbonyl (C=O) groups is 2. The third-order valence-electron chi connectivity index (χ3n) is 6.00. The van der Waals surface area contributed by atoms with Gasteiger partial charge in [0.05, 0.1) is 5.56 Å². The zero-order valence-electron chi connectivity index (χ0n) is 21.1. The van der Waals surface area contributed by atoms with Crippen molar-refractivity contribution in [3.63, 3.8) is 0 Å². The maximum absolute atomic E-state index is 12.9. The van der Waals surface area contributed by atoms with Gasteiger partial charge in [0.2, 0.25) is 5.91 Å². The number of rotatable bonds is 3. The second kappa shape index (κ2) is 11.4. The summed E-state index contributed by atoms with van der Waals surface area (Å²) in [5.74, 6) is 0.548. The van der Waals surface area contributed by atoms with E-state index in [-0.39, 0.29) is 24.4 Å². The molecule has 0 bridgehead atoms. The van der Waals surface area contributed by atoms with E-state index in [4.69, 9.17) is 4.74 Å². The lowest BCUT2D eigenvalue weighted by atomic mass is 10.00. The van der Waals surface area contributed by atoms with Gasteiger partial charge >= 0.3 is 12.3 Å². The monoisotopic (exact) mass is 485 g/mol. The molecule has 1 aliphatic heterocycles. The molecule has 3 rings (SSSR count). The van der Waals surface area contributed by atoms with Crippen LogP contribution in [0.2, 0.25) is 0 Å². The van der Waals surface area contributed by atoms with Gasteiger partial charge in [-0.1, -0.05) is 27.2 Å². The third kappa shape index (κ3) is 8.47. The van der Waals surface area contributed by atoms with E-state index in [2.05, 4.69) is 31.1 Å². The lowest BCUT2D eigenvalue weighted by Gasteiger charge is -2.31. The van der Waals surface area contributed by atoms with Crippen LogP contribution in [0.4, 0.5) is 18.0 Å². The molecule has 6 nitrogen and oxygen atoms in total. The van der Waals surface area contributed by atoms with Gasteiger partial charge in [0.25, 0.3) is 0 Å². The predicted molar refractivity (Wildman–Crippen MR) is 124 cm³/mol. The first-order valence-corrected chi connectivity index (χ1v) is 12.0. The predicted octanol–water partition coefficient (Wildman–Crippen LogP) is 5.73. The molecule has 1 aromatic rings. The Kier molecular flexibility index (Phi) is 9.37. The Morgan fingerprint density at radius 1 is 1.24 bits per heavy atom. The maximum Gasteiger partial charge on any atom is 0.417 e. The molecule has 1 N–H and O–H groups in total. The molecular formula is C25H38F3N3O3. The Labute approximate surface area is 200 Å². The number of amides is 2. The number of nitrogens with zero attached hydrogens (tertiary/aromatic N) is 2. The molecule has 2 heterocycles. The van der Waals surface area contributed by atoms with Crippen molar-refractivity contribution in [2.75, 3.05) is 6.54 Å². The van der Waals surface area contributed by atoms with Crippen LogP contribution in [0.5, 0.6) is 0 Å². The largest absolute Gasteiger partial charge is 0.444 e. The van der Waals surface area contributed by atoms with E-state index in [1.807, 2.05) is 0 Å². The summed E-state index contributed by atoms with van der Waals surface area (Å²) in [6.45, 7) is 12.5. The number of fused-ring (bicyclic) bond motifs is 1. The summed E-state index contributed by atoms with van der Waals surface area (Å²) in [6, 6.07) is 0.942. The lowest BCUT2D eigenvalue weighted by Crippen LogP contribution is -2.41. The van der Waals surface area contributed by atoms with Crippen LogP contribution in [0.25, 0.3) is 0 Å². The molecule has 2 unspecified atom stereocenters. The third-order valence-corrected chi connectivity index (χ3v) is 6.00. The van der Waals surface area contributed by atoms with Crippen LogP contribution in [-0.2, 0) is 28.7 Å². The minimum absolute atomic E-state index is 0.0819. The van der Waals surface area contributed by atoms with E-state index >= 15 is 0 Å². The normalized spacial score (nSPS) is 20.4. The second-order valence-corrected chi connectivity index (χ2v) is 10.5. The fourth-order valence-electron chi connectivity index (χ4n) is 3.84. The summed E-state index contributed by atoms with van der Waals surface area (Å²) >= 11 is 0. The second-order valence-electron chi connectivity index (χ2n) is 10.5. The summed E-state index contributed by atoms with van der Waals surface area (Å²) in [4.78, 5) is 30.3. The molecule has 192 valence electrons. The Morgan fingerprint density at radius 2 is 1.88 bits per heavy atom. The molecule has 0 radical (unpaired) electrons. The molecule has 34 heavy (non-hydrogen) atoms. The van der Waals surface area contributed by atoms with Gasteiger partial charge < -0.3 is 15.0 Å². The molecule has 0 spiro atoms. The number of halogens is 3. The molecule has 1 fully saturated rings. The highest BCUT2D eigenvalue weighted by Gasteiger charge is 2.36. The Morgan fingerprint density at radius 3 is 2.44 bits per heavy atom. The Hall–Kier alpha value is -2.32. The number of alkyl halides is 3. The maximum atomic E-state index is 12.9. The minimum Gasteiger partial charge on any atom is -0.444 e. The lowest BCUT2D eigenvalue weighted by molar-refractivity contribution is -0.138. The van der Waals surface area contributed by atoms with Gasteiger partial charge in [-0.3, -0.25) is 9.78 Å². The number of nitrogens with one attached hydrogen (secondary N) is 1. The van der Waals surface area contributed by atoms with Crippen molar-refractivity contribution in [3.8, 4) is 0 Å². The average Bonchev–Trinajstić information content (AvgIpc) is 3.19. The molecule has 2 amide bonds. The first-order valence-electron chi connectivity index (χ1n) is 12.0. The molecule has 9 heteroatoms. The van der Waals surface area contributed by atoms with E-state index in [0.717, 1.165) is 18.2 Å². The number of ether oxygens (including phenoxy) is 1. The summed E-state index contributed by atoms with van der Waals surface area (Å²) in [7, 11) is 0. The van der Waals surface area contributed by atoms with Crippen LogP contribution < -0.4 is 5.32 Å². The molecule has 0 saturated heterocycles. The van der Waals surface area contributed by atoms with Crippen molar-refractivity contribution in [3.05, 3.63) is 29.1 Å². The Balaban J connectivity index is 0.000000739. The zero-order valence-corrected chi connectivity index (χ0v) is 21.1. The zero-order chi connectivity index (χ0) is 25.7. The molecule has 1 aromatic heterocycles. The van der Waals surface area contributed by atoms with E-state index < -0.39 is 23.4 Å². The molecular weight excluding hydrogens is 447 g/mol. The van der Waals surface area contributed by atoms with Crippen molar-refractivity contribution >= 4 is 12.0 Å². The Bertz CT molecular complexity index is 850. The highest BCUT2D eigenvalue weighted by molar-refractivity contribution is 5.79. The van der Waals surface area contributed by atoms with Gasteiger partial charge in [0.15, 0.2) is 0 Å².